The molecule has 0 spiro atoms. The molecule has 102 valence electrons. The molecule has 0 bridgehead atoms. The Hall–Kier alpha value is -1.69. The number of hydrogen-bond donors (Lipinski definition) is 1. The van der Waals surface area contributed by atoms with Crippen LogP contribution in [0.4, 0.5) is 14.7 Å². The van der Waals surface area contributed by atoms with Gasteiger partial charge in [0.15, 0.2) is 11.6 Å². The number of hydrogen-bond acceptors (Lipinski definition) is 3. The van der Waals surface area contributed by atoms with E-state index in [0.29, 0.717) is 18.7 Å². The lowest BCUT2D eigenvalue weighted by Crippen LogP contribution is -2.30. The lowest BCUT2D eigenvalue weighted by molar-refractivity contribution is 0.00741. The summed E-state index contributed by atoms with van der Waals surface area (Å²) in [5, 5.41) is 0. The molecule has 0 saturated carbocycles. The van der Waals surface area contributed by atoms with Crippen molar-refractivity contribution in [1.82, 2.24) is 9.55 Å². The van der Waals surface area contributed by atoms with Crippen molar-refractivity contribution in [2.75, 3.05) is 12.3 Å². The quantitative estimate of drug-likeness (QED) is 0.909. The summed E-state index contributed by atoms with van der Waals surface area (Å²) in [5.41, 5.74) is 5.88. The molecule has 1 aromatic carbocycles. The standard InChI is InChI=1S/C13H15F2N3O/c1-13(5-2-6-19-13)7-18-11-9(17-12(18)16)4-3-8(14)10(11)15/h3-4H,2,5-7H2,1H3,(H2,16,17). The van der Waals surface area contributed by atoms with Crippen LogP contribution in [0.1, 0.15) is 19.8 Å². The smallest absolute Gasteiger partial charge is 0.201 e. The number of ether oxygens (including phenoxy) is 1. The molecule has 6 heteroatoms. The molecule has 3 rings (SSSR count). The van der Waals surface area contributed by atoms with Crippen LogP contribution >= 0.6 is 0 Å². The fourth-order valence-corrected chi connectivity index (χ4v) is 2.63. The summed E-state index contributed by atoms with van der Waals surface area (Å²) < 4.78 is 34.5. The zero-order valence-electron chi connectivity index (χ0n) is 10.6. The summed E-state index contributed by atoms with van der Waals surface area (Å²) in [7, 11) is 0. The summed E-state index contributed by atoms with van der Waals surface area (Å²) in [5.74, 6) is -1.63. The second-order valence-corrected chi connectivity index (χ2v) is 5.19. The van der Waals surface area contributed by atoms with Gasteiger partial charge in [0.05, 0.1) is 17.7 Å². The van der Waals surface area contributed by atoms with Crippen molar-refractivity contribution in [3.05, 3.63) is 23.8 Å². The van der Waals surface area contributed by atoms with Crippen LogP contribution in [-0.2, 0) is 11.3 Å². The van der Waals surface area contributed by atoms with Crippen LogP contribution in [0.25, 0.3) is 11.0 Å². The van der Waals surface area contributed by atoms with Gasteiger partial charge in [0.25, 0.3) is 0 Å². The van der Waals surface area contributed by atoms with Crippen molar-refractivity contribution >= 4 is 17.0 Å². The van der Waals surface area contributed by atoms with Crippen LogP contribution in [0.2, 0.25) is 0 Å². The first-order chi connectivity index (χ1) is 9.00. The second-order valence-electron chi connectivity index (χ2n) is 5.19. The summed E-state index contributed by atoms with van der Waals surface area (Å²) in [6.07, 6.45) is 1.82. The summed E-state index contributed by atoms with van der Waals surface area (Å²) >= 11 is 0. The van der Waals surface area contributed by atoms with E-state index in [0.717, 1.165) is 18.9 Å². The minimum atomic E-state index is -0.914. The SMILES string of the molecule is CC1(Cn2c(N)nc3ccc(F)c(F)c32)CCCO1. The topological polar surface area (TPSA) is 53.1 Å². The Kier molecular flexibility index (Phi) is 2.70. The molecular weight excluding hydrogens is 252 g/mol. The normalized spacial score (nSPS) is 23.3. The highest BCUT2D eigenvalue weighted by atomic mass is 19.2. The molecule has 1 fully saturated rings. The van der Waals surface area contributed by atoms with Gasteiger partial charge in [0, 0.05) is 6.61 Å². The van der Waals surface area contributed by atoms with E-state index in [2.05, 4.69) is 4.98 Å². The molecular formula is C13H15F2N3O. The number of rotatable bonds is 2. The van der Waals surface area contributed by atoms with Gasteiger partial charge in [-0.1, -0.05) is 0 Å². The van der Waals surface area contributed by atoms with E-state index in [4.69, 9.17) is 10.5 Å². The molecule has 1 aliphatic rings. The molecule has 1 atom stereocenters. The average Bonchev–Trinajstić information content (AvgIpc) is 2.91. The van der Waals surface area contributed by atoms with Crippen molar-refractivity contribution in [2.45, 2.75) is 31.9 Å². The third kappa shape index (κ3) is 1.96. The fourth-order valence-electron chi connectivity index (χ4n) is 2.63. The number of fused-ring (bicyclic) bond motifs is 1. The Labute approximate surface area is 109 Å². The number of nitrogens with zero attached hydrogens (tertiary/aromatic N) is 2. The van der Waals surface area contributed by atoms with E-state index in [-0.39, 0.29) is 11.5 Å². The molecule has 1 aliphatic heterocycles. The minimum absolute atomic E-state index is 0.106. The Morgan fingerprint density at radius 2 is 2.26 bits per heavy atom. The highest BCUT2D eigenvalue weighted by molar-refractivity contribution is 5.79. The molecule has 1 saturated heterocycles. The molecule has 2 N–H and O–H groups in total. The molecule has 1 unspecified atom stereocenters. The molecule has 19 heavy (non-hydrogen) atoms. The van der Waals surface area contributed by atoms with Crippen molar-refractivity contribution < 1.29 is 13.5 Å². The Bertz CT molecular complexity index is 632. The van der Waals surface area contributed by atoms with Crippen LogP contribution in [-0.4, -0.2) is 21.8 Å². The molecule has 0 amide bonds. The van der Waals surface area contributed by atoms with E-state index in [1.54, 1.807) is 0 Å². The maximum absolute atomic E-state index is 13.9. The molecule has 0 radical (unpaired) electrons. The van der Waals surface area contributed by atoms with Crippen molar-refractivity contribution in [2.24, 2.45) is 0 Å². The van der Waals surface area contributed by atoms with Gasteiger partial charge in [-0.3, -0.25) is 0 Å². The van der Waals surface area contributed by atoms with E-state index in [1.807, 2.05) is 6.92 Å². The van der Waals surface area contributed by atoms with Gasteiger partial charge in [0.2, 0.25) is 5.95 Å². The Balaban J connectivity index is 2.12. The third-order valence-corrected chi connectivity index (χ3v) is 3.62. The van der Waals surface area contributed by atoms with E-state index in [9.17, 15) is 8.78 Å². The predicted molar refractivity (Wildman–Crippen MR) is 67.7 cm³/mol. The van der Waals surface area contributed by atoms with Crippen LogP contribution in [0.5, 0.6) is 0 Å². The first-order valence-corrected chi connectivity index (χ1v) is 6.24. The number of benzene rings is 1. The van der Waals surface area contributed by atoms with Gasteiger partial charge in [-0.25, -0.2) is 13.8 Å². The Morgan fingerprint density at radius 3 is 2.95 bits per heavy atom. The van der Waals surface area contributed by atoms with E-state index >= 15 is 0 Å². The van der Waals surface area contributed by atoms with Crippen LogP contribution in [0.15, 0.2) is 12.1 Å². The zero-order valence-corrected chi connectivity index (χ0v) is 10.6. The molecule has 1 aromatic heterocycles. The zero-order chi connectivity index (χ0) is 13.6. The Morgan fingerprint density at radius 1 is 1.47 bits per heavy atom. The largest absolute Gasteiger partial charge is 0.373 e. The highest BCUT2D eigenvalue weighted by Gasteiger charge is 2.32. The number of anilines is 1. The van der Waals surface area contributed by atoms with Crippen LogP contribution in [0, 0.1) is 11.6 Å². The maximum atomic E-state index is 13.9. The van der Waals surface area contributed by atoms with E-state index < -0.39 is 17.2 Å². The molecule has 0 aliphatic carbocycles. The monoisotopic (exact) mass is 267 g/mol. The fraction of sp³-hybridized carbons (Fsp3) is 0.462. The third-order valence-electron chi connectivity index (χ3n) is 3.62. The van der Waals surface area contributed by atoms with Crippen molar-refractivity contribution in [1.29, 1.82) is 0 Å². The van der Waals surface area contributed by atoms with Gasteiger partial charge in [-0.2, -0.15) is 0 Å². The number of imidazole rings is 1. The number of aromatic nitrogens is 2. The van der Waals surface area contributed by atoms with Gasteiger partial charge >= 0.3 is 0 Å². The highest BCUT2D eigenvalue weighted by Crippen LogP contribution is 2.31. The average molecular weight is 267 g/mol. The van der Waals surface area contributed by atoms with Crippen molar-refractivity contribution in [3.63, 3.8) is 0 Å². The molecule has 2 aromatic rings. The lowest BCUT2D eigenvalue weighted by atomic mass is 10.0. The summed E-state index contributed by atoms with van der Waals surface area (Å²) in [6, 6.07) is 2.49. The van der Waals surface area contributed by atoms with Gasteiger partial charge in [-0.05, 0) is 31.9 Å². The minimum Gasteiger partial charge on any atom is -0.373 e. The van der Waals surface area contributed by atoms with Gasteiger partial charge < -0.3 is 15.0 Å². The van der Waals surface area contributed by atoms with E-state index in [1.165, 1.54) is 10.6 Å². The summed E-state index contributed by atoms with van der Waals surface area (Å²) in [4.78, 5) is 4.07. The number of nitrogen functional groups attached to an aromatic ring is 1. The predicted octanol–water partition coefficient (Wildman–Crippen LogP) is 2.47. The first-order valence-electron chi connectivity index (χ1n) is 6.24. The second kappa shape index (κ2) is 4.16. The molecule has 2 heterocycles. The lowest BCUT2D eigenvalue weighted by Gasteiger charge is -2.24. The van der Waals surface area contributed by atoms with Crippen molar-refractivity contribution in [3.8, 4) is 0 Å². The first kappa shape index (κ1) is 12.3. The van der Waals surface area contributed by atoms with Crippen LogP contribution < -0.4 is 5.73 Å². The van der Waals surface area contributed by atoms with Crippen LogP contribution in [0.3, 0.4) is 0 Å². The number of nitrogens with two attached hydrogens (primary N) is 1. The van der Waals surface area contributed by atoms with Gasteiger partial charge in [0.1, 0.15) is 5.52 Å². The molecule has 4 nitrogen and oxygen atoms in total. The number of halogens is 2. The summed E-state index contributed by atoms with van der Waals surface area (Å²) in [6.45, 7) is 3.00. The van der Waals surface area contributed by atoms with Gasteiger partial charge in [-0.15, -0.1) is 0 Å². The maximum Gasteiger partial charge on any atom is 0.201 e.